The van der Waals surface area contributed by atoms with Crippen LogP contribution in [0.3, 0.4) is 0 Å². The molecule has 0 spiro atoms. The van der Waals surface area contributed by atoms with Crippen LogP contribution in [-0.2, 0) is 9.53 Å². The topological polar surface area (TPSA) is 56.8 Å². The molecule has 0 saturated heterocycles. The van der Waals surface area contributed by atoms with E-state index in [2.05, 4.69) is 10.1 Å². The Balaban J connectivity index is 1.77. The molecule has 21 heavy (non-hydrogen) atoms. The number of amides is 1. The van der Waals surface area contributed by atoms with E-state index in [1.54, 1.807) is 18.2 Å². The minimum absolute atomic E-state index is 0.162. The van der Waals surface area contributed by atoms with E-state index in [0.29, 0.717) is 30.4 Å². The lowest BCUT2D eigenvalue weighted by molar-refractivity contribution is -0.174. The van der Waals surface area contributed by atoms with Gasteiger partial charge in [0.1, 0.15) is 19.8 Å². The first-order valence-corrected chi connectivity index (χ1v) is 6.28. The van der Waals surface area contributed by atoms with Crippen LogP contribution < -0.4 is 14.8 Å². The molecule has 1 aromatic rings. The molecule has 0 aromatic heterocycles. The van der Waals surface area contributed by atoms with Gasteiger partial charge in [-0.2, -0.15) is 13.2 Å². The number of alkyl halides is 3. The molecule has 1 N–H and O–H groups in total. The van der Waals surface area contributed by atoms with E-state index < -0.39 is 18.7 Å². The molecule has 0 atom stereocenters. The quantitative estimate of drug-likeness (QED) is 0.849. The summed E-state index contributed by atoms with van der Waals surface area (Å²) in [6.07, 6.45) is -4.54. The van der Waals surface area contributed by atoms with E-state index in [1.807, 2.05) is 0 Å². The van der Waals surface area contributed by atoms with Gasteiger partial charge in [0.15, 0.2) is 11.5 Å². The molecule has 0 aliphatic carbocycles. The van der Waals surface area contributed by atoms with Gasteiger partial charge in [-0.3, -0.25) is 4.79 Å². The fraction of sp³-hybridized carbons (Fsp3) is 0.462. The molecule has 116 valence electrons. The van der Waals surface area contributed by atoms with Gasteiger partial charge in [-0.1, -0.05) is 0 Å². The summed E-state index contributed by atoms with van der Waals surface area (Å²) in [7, 11) is 0. The predicted molar refractivity (Wildman–Crippen MR) is 67.6 cm³/mol. The second-order valence-corrected chi connectivity index (χ2v) is 4.32. The number of rotatable bonds is 5. The Hall–Kier alpha value is -1.96. The highest BCUT2D eigenvalue weighted by atomic mass is 19.4. The van der Waals surface area contributed by atoms with E-state index >= 15 is 0 Å². The minimum atomic E-state index is -4.38. The van der Waals surface area contributed by atoms with E-state index in [9.17, 15) is 18.0 Å². The molecule has 1 aliphatic heterocycles. The van der Waals surface area contributed by atoms with Crippen molar-refractivity contribution in [1.29, 1.82) is 0 Å². The maximum atomic E-state index is 11.8. The van der Waals surface area contributed by atoms with Gasteiger partial charge >= 0.3 is 6.18 Å². The summed E-state index contributed by atoms with van der Waals surface area (Å²) in [6, 6.07) is 4.88. The summed E-state index contributed by atoms with van der Waals surface area (Å²) < 4.78 is 50.6. The van der Waals surface area contributed by atoms with Crippen LogP contribution in [0.25, 0.3) is 0 Å². The van der Waals surface area contributed by atoms with Gasteiger partial charge in [0.2, 0.25) is 5.91 Å². The second kappa shape index (κ2) is 6.66. The molecule has 1 aromatic carbocycles. The van der Waals surface area contributed by atoms with E-state index in [1.165, 1.54) is 0 Å². The van der Waals surface area contributed by atoms with Crippen molar-refractivity contribution in [2.24, 2.45) is 0 Å². The molecule has 2 rings (SSSR count). The second-order valence-electron chi connectivity index (χ2n) is 4.32. The molecule has 1 aliphatic rings. The predicted octanol–water partition coefficient (Wildman–Crippen LogP) is 2.37. The van der Waals surface area contributed by atoms with Crippen molar-refractivity contribution < 1.29 is 32.2 Å². The van der Waals surface area contributed by atoms with E-state index in [0.717, 1.165) is 0 Å². The fourth-order valence-corrected chi connectivity index (χ4v) is 1.70. The highest BCUT2D eigenvalue weighted by Crippen LogP contribution is 2.32. The van der Waals surface area contributed by atoms with Crippen LogP contribution in [-0.4, -0.2) is 38.5 Å². The largest absolute Gasteiger partial charge is 0.486 e. The number of benzene rings is 1. The fourth-order valence-electron chi connectivity index (χ4n) is 1.70. The number of hydrogen-bond donors (Lipinski definition) is 1. The Bertz CT molecular complexity index is 505. The van der Waals surface area contributed by atoms with Gasteiger partial charge in [-0.25, -0.2) is 0 Å². The molecule has 1 heterocycles. The lowest BCUT2D eigenvalue weighted by Gasteiger charge is -2.19. The summed E-state index contributed by atoms with van der Waals surface area (Å²) in [4.78, 5) is 11.6. The van der Waals surface area contributed by atoms with Crippen LogP contribution in [0.4, 0.5) is 18.9 Å². The van der Waals surface area contributed by atoms with Crippen LogP contribution in [0, 0.1) is 0 Å². The van der Waals surface area contributed by atoms with Crippen LogP contribution in [0.2, 0.25) is 0 Å². The van der Waals surface area contributed by atoms with Gasteiger partial charge in [-0.05, 0) is 12.1 Å². The smallest absolute Gasteiger partial charge is 0.411 e. The van der Waals surface area contributed by atoms with Gasteiger partial charge in [0.25, 0.3) is 0 Å². The lowest BCUT2D eigenvalue weighted by atomic mass is 10.2. The molecule has 0 bridgehead atoms. The molecule has 0 radical (unpaired) electrons. The average Bonchev–Trinajstić information content (AvgIpc) is 2.42. The lowest BCUT2D eigenvalue weighted by Crippen LogP contribution is -2.20. The Labute approximate surface area is 119 Å². The third-order valence-corrected chi connectivity index (χ3v) is 2.57. The summed E-state index contributed by atoms with van der Waals surface area (Å²) in [6.45, 7) is -0.759. The molecule has 5 nitrogen and oxygen atoms in total. The summed E-state index contributed by atoms with van der Waals surface area (Å²) in [5.74, 6) is 0.675. The zero-order valence-corrected chi connectivity index (χ0v) is 11.0. The van der Waals surface area contributed by atoms with Gasteiger partial charge in [0.05, 0.1) is 13.0 Å². The Morgan fingerprint density at radius 1 is 1.24 bits per heavy atom. The van der Waals surface area contributed by atoms with Gasteiger partial charge in [0, 0.05) is 11.8 Å². The Morgan fingerprint density at radius 3 is 2.67 bits per heavy atom. The van der Waals surface area contributed by atoms with Crippen LogP contribution in [0.1, 0.15) is 6.42 Å². The number of carbonyl (C=O) groups excluding carboxylic acids is 1. The van der Waals surface area contributed by atoms with Crippen molar-refractivity contribution in [2.75, 3.05) is 31.7 Å². The summed E-state index contributed by atoms with van der Waals surface area (Å²) >= 11 is 0. The Morgan fingerprint density at radius 2 is 1.95 bits per heavy atom. The minimum Gasteiger partial charge on any atom is -0.486 e. The number of carbonyl (C=O) groups is 1. The maximum absolute atomic E-state index is 11.8. The van der Waals surface area contributed by atoms with Gasteiger partial charge in [-0.15, -0.1) is 0 Å². The van der Waals surface area contributed by atoms with Crippen LogP contribution >= 0.6 is 0 Å². The molecular weight excluding hydrogens is 291 g/mol. The van der Waals surface area contributed by atoms with Crippen molar-refractivity contribution in [3.8, 4) is 11.5 Å². The number of hydrogen-bond acceptors (Lipinski definition) is 4. The molecule has 0 fully saturated rings. The number of anilines is 1. The molecule has 8 heteroatoms. The van der Waals surface area contributed by atoms with Crippen LogP contribution in [0.5, 0.6) is 11.5 Å². The van der Waals surface area contributed by atoms with Gasteiger partial charge < -0.3 is 19.5 Å². The first-order chi connectivity index (χ1) is 9.94. The van der Waals surface area contributed by atoms with Crippen LogP contribution in [0.15, 0.2) is 18.2 Å². The standard InChI is InChI=1S/C13H14F3NO4/c14-13(15,16)8-19-4-3-12(18)17-9-1-2-10-11(7-9)21-6-5-20-10/h1-2,7H,3-6,8H2,(H,17,18). The van der Waals surface area contributed by atoms with Crippen molar-refractivity contribution in [1.82, 2.24) is 0 Å². The normalized spacial score (nSPS) is 13.9. The number of fused-ring (bicyclic) bond motifs is 1. The molecular formula is C13H14F3NO4. The number of ether oxygens (including phenoxy) is 3. The summed E-state index contributed by atoms with van der Waals surface area (Å²) in [5.41, 5.74) is 0.486. The van der Waals surface area contributed by atoms with E-state index in [4.69, 9.17) is 9.47 Å². The third-order valence-electron chi connectivity index (χ3n) is 2.57. The first-order valence-electron chi connectivity index (χ1n) is 6.28. The van der Waals surface area contributed by atoms with Crippen molar-refractivity contribution >= 4 is 11.6 Å². The molecule has 0 saturated carbocycles. The highest BCUT2D eigenvalue weighted by molar-refractivity contribution is 5.91. The summed E-state index contributed by atoms with van der Waals surface area (Å²) in [5, 5.41) is 2.55. The van der Waals surface area contributed by atoms with Crippen molar-refractivity contribution in [2.45, 2.75) is 12.6 Å². The highest BCUT2D eigenvalue weighted by Gasteiger charge is 2.27. The zero-order valence-electron chi connectivity index (χ0n) is 11.0. The first kappa shape index (κ1) is 15.4. The molecule has 0 unspecified atom stereocenters. The van der Waals surface area contributed by atoms with E-state index in [-0.39, 0.29) is 13.0 Å². The zero-order chi connectivity index (χ0) is 15.3. The monoisotopic (exact) mass is 305 g/mol. The van der Waals surface area contributed by atoms with Crippen molar-refractivity contribution in [3.05, 3.63) is 18.2 Å². The third kappa shape index (κ3) is 5.14. The Kier molecular flexibility index (Phi) is 4.89. The maximum Gasteiger partial charge on any atom is 0.411 e. The van der Waals surface area contributed by atoms with Crippen molar-refractivity contribution in [3.63, 3.8) is 0 Å². The number of nitrogens with one attached hydrogen (secondary N) is 1. The number of halogens is 3. The SMILES string of the molecule is O=C(CCOCC(F)(F)F)Nc1ccc2c(c1)OCCO2. The molecule has 1 amide bonds. The average molecular weight is 305 g/mol.